The zero-order valence-electron chi connectivity index (χ0n) is 12.9. The normalized spacial score (nSPS) is 12.3. The van der Waals surface area contributed by atoms with Gasteiger partial charge in [0.25, 0.3) is 0 Å². The third-order valence-electron chi connectivity index (χ3n) is 3.40. The number of benzene rings is 2. The number of hydrogen-bond donors (Lipinski definition) is 0. The van der Waals surface area contributed by atoms with Crippen molar-refractivity contribution in [3.8, 4) is 5.75 Å². The van der Waals surface area contributed by atoms with Gasteiger partial charge in [-0.3, -0.25) is 0 Å². The van der Waals surface area contributed by atoms with Crippen LogP contribution < -0.4 is 9.81 Å². The molecule has 0 radical (unpaired) electrons. The number of alkyl halides is 3. The second-order valence-corrected chi connectivity index (χ2v) is 7.52. The fourth-order valence-corrected chi connectivity index (χ4v) is 4.34. The van der Waals surface area contributed by atoms with Gasteiger partial charge in [-0.05, 0) is 24.3 Å². The molecule has 0 spiro atoms. The Morgan fingerprint density at radius 2 is 1.63 bits per heavy atom. The van der Waals surface area contributed by atoms with Gasteiger partial charge < -0.3 is 8.60 Å². The van der Waals surface area contributed by atoms with E-state index in [9.17, 15) is 26.4 Å². The molecule has 11 heteroatoms. The third-order valence-corrected chi connectivity index (χ3v) is 5.60. The summed E-state index contributed by atoms with van der Waals surface area (Å²) in [5, 5.41) is -0.828. The minimum Gasteiger partial charge on any atom is -0.423 e. The number of rotatable bonds is 3. The Labute approximate surface area is 160 Å². The molecule has 1 aromatic heterocycles. The molecule has 27 heavy (non-hydrogen) atoms. The molecule has 0 aliphatic rings. The zero-order chi connectivity index (χ0) is 20.0. The van der Waals surface area contributed by atoms with Crippen LogP contribution in [0, 0.1) is 0 Å². The quantitative estimate of drug-likeness (QED) is 0.430. The molecule has 3 aromatic rings. The lowest BCUT2D eigenvalue weighted by molar-refractivity contribution is -0.136. The Morgan fingerprint density at radius 3 is 2.22 bits per heavy atom. The van der Waals surface area contributed by atoms with Gasteiger partial charge in [0.05, 0.1) is 15.6 Å². The third kappa shape index (κ3) is 3.90. The van der Waals surface area contributed by atoms with Gasteiger partial charge in [0, 0.05) is 17.5 Å². The molecule has 0 N–H and O–H groups in total. The second-order valence-electron chi connectivity index (χ2n) is 5.22. The summed E-state index contributed by atoms with van der Waals surface area (Å²) in [6.07, 6.45) is -4.80. The van der Waals surface area contributed by atoms with E-state index in [1.54, 1.807) is 0 Å². The van der Waals surface area contributed by atoms with E-state index in [2.05, 4.69) is 0 Å². The topological polar surface area (TPSA) is 73.6 Å². The fraction of sp³-hybridized carbons (Fsp3) is 0.0625. The van der Waals surface area contributed by atoms with Crippen LogP contribution in [0.25, 0.3) is 11.0 Å². The Morgan fingerprint density at radius 1 is 1.00 bits per heavy atom. The van der Waals surface area contributed by atoms with Gasteiger partial charge in [-0.25, -0.2) is 4.79 Å². The Kier molecular flexibility index (Phi) is 4.87. The highest BCUT2D eigenvalue weighted by Gasteiger charge is 2.34. The van der Waals surface area contributed by atoms with E-state index in [4.69, 9.17) is 31.8 Å². The Balaban J connectivity index is 2.10. The summed E-state index contributed by atoms with van der Waals surface area (Å²) in [6.45, 7) is 0. The van der Waals surface area contributed by atoms with Crippen LogP contribution in [-0.2, 0) is 16.3 Å². The smallest absolute Gasteiger partial charge is 0.417 e. The number of halogens is 5. The lowest BCUT2D eigenvalue weighted by Crippen LogP contribution is -2.12. The molecule has 0 amide bonds. The molecule has 2 aromatic carbocycles. The molecule has 1 heterocycles. The molecular formula is C16H7Cl2F3O5S. The van der Waals surface area contributed by atoms with E-state index >= 15 is 0 Å². The lowest BCUT2D eigenvalue weighted by Gasteiger charge is -2.12. The first kappa shape index (κ1) is 19.5. The Bertz CT molecular complexity index is 1180. The van der Waals surface area contributed by atoms with Gasteiger partial charge >= 0.3 is 21.9 Å². The van der Waals surface area contributed by atoms with E-state index in [0.717, 1.165) is 18.2 Å². The zero-order valence-corrected chi connectivity index (χ0v) is 15.2. The van der Waals surface area contributed by atoms with Crippen molar-refractivity contribution in [3.63, 3.8) is 0 Å². The summed E-state index contributed by atoms with van der Waals surface area (Å²) in [7, 11) is -4.50. The monoisotopic (exact) mass is 438 g/mol. The summed E-state index contributed by atoms with van der Waals surface area (Å²) in [6, 6.07) is 7.06. The van der Waals surface area contributed by atoms with Crippen LogP contribution in [0.4, 0.5) is 13.2 Å². The molecule has 0 fully saturated rings. The molecule has 0 aliphatic carbocycles. The predicted octanol–water partition coefficient (Wildman–Crippen LogP) is 4.89. The van der Waals surface area contributed by atoms with Crippen molar-refractivity contribution in [2.45, 2.75) is 11.1 Å². The summed E-state index contributed by atoms with van der Waals surface area (Å²) >= 11 is 11.7. The first-order chi connectivity index (χ1) is 12.5. The van der Waals surface area contributed by atoms with Gasteiger partial charge in [-0.2, -0.15) is 21.6 Å². The van der Waals surface area contributed by atoms with Crippen molar-refractivity contribution in [2.75, 3.05) is 0 Å². The molecular weight excluding hydrogens is 432 g/mol. The van der Waals surface area contributed by atoms with Gasteiger partial charge in [-0.15, -0.1) is 0 Å². The number of fused-ring (bicyclic) bond motifs is 1. The van der Waals surface area contributed by atoms with Crippen molar-refractivity contribution in [1.29, 1.82) is 0 Å². The molecule has 142 valence electrons. The summed E-state index contributed by atoms with van der Waals surface area (Å²) < 4.78 is 73.6. The average molecular weight is 439 g/mol. The Hall–Kier alpha value is -2.23. The number of hydrogen-bond acceptors (Lipinski definition) is 5. The van der Waals surface area contributed by atoms with Gasteiger partial charge in [0.2, 0.25) is 0 Å². The summed E-state index contributed by atoms with van der Waals surface area (Å²) in [4.78, 5) is 10.9. The van der Waals surface area contributed by atoms with Gasteiger partial charge in [-0.1, -0.05) is 29.3 Å². The second kappa shape index (κ2) is 6.74. The van der Waals surface area contributed by atoms with E-state index in [1.165, 1.54) is 18.2 Å². The summed E-state index contributed by atoms with van der Waals surface area (Å²) in [5.41, 5.74) is -2.95. The van der Waals surface area contributed by atoms with Crippen LogP contribution >= 0.6 is 23.2 Å². The molecule has 0 saturated carbocycles. The van der Waals surface area contributed by atoms with Crippen LogP contribution in [0.2, 0.25) is 10.0 Å². The van der Waals surface area contributed by atoms with E-state index in [-0.39, 0.29) is 15.8 Å². The molecule has 0 saturated heterocycles. The van der Waals surface area contributed by atoms with E-state index in [0.29, 0.717) is 6.07 Å². The van der Waals surface area contributed by atoms with Crippen LogP contribution in [0.3, 0.4) is 0 Å². The molecule has 0 atom stereocenters. The average Bonchev–Trinajstić information content (AvgIpc) is 2.52. The molecule has 5 nitrogen and oxygen atoms in total. The first-order valence-corrected chi connectivity index (χ1v) is 9.19. The van der Waals surface area contributed by atoms with E-state index in [1.807, 2.05) is 0 Å². The lowest BCUT2D eigenvalue weighted by atomic mass is 10.1. The van der Waals surface area contributed by atoms with Crippen molar-refractivity contribution >= 4 is 44.3 Å². The van der Waals surface area contributed by atoms with Crippen molar-refractivity contribution < 1.29 is 30.2 Å². The molecule has 3 rings (SSSR count). The predicted molar refractivity (Wildman–Crippen MR) is 91.8 cm³/mol. The molecule has 0 aliphatic heterocycles. The molecule has 0 bridgehead atoms. The highest BCUT2D eigenvalue weighted by Crippen LogP contribution is 2.36. The minimum absolute atomic E-state index is 0.200. The van der Waals surface area contributed by atoms with Crippen LogP contribution in [0.5, 0.6) is 5.75 Å². The highest BCUT2D eigenvalue weighted by atomic mass is 35.5. The largest absolute Gasteiger partial charge is 0.423 e. The maximum atomic E-state index is 13.0. The minimum atomic E-state index is -4.80. The highest BCUT2D eigenvalue weighted by molar-refractivity contribution is 7.87. The fourth-order valence-electron chi connectivity index (χ4n) is 2.32. The van der Waals surface area contributed by atoms with E-state index < -0.39 is 43.3 Å². The van der Waals surface area contributed by atoms with Crippen LogP contribution in [0.1, 0.15) is 5.56 Å². The summed E-state index contributed by atoms with van der Waals surface area (Å²) in [5.74, 6) is -0.388. The van der Waals surface area contributed by atoms with Crippen molar-refractivity contribution in [3.05, 3.63) is 68.5 Å². The van der Waals surface area contributed by atoms with Gasteiger partial charge in [0.1, 0.15) is 16.2 Å². The standard InChI is InChI=1S/C16H7Cl2F3O5S/c17-11-2-1-3-12(18)15(11)27(23,24)26-8-4-5-9-10(16(19,20)21)7-14(22)25-13(9)6-8/h1-7H. The van der Waals surface area contributed by atoms with Crippen LogP contribution in [0.15, 0.2) is 56.6 Å². The maximum absolute atomic E-state index is 13.0. The molecule has 0 unspecified atom stereocenters. The van der Waals surface area contributed by atoms with Gasteiger partial charge in [0.15, 0.2) is 0 Å². The first-order valence-electron chi connectivity index (χ1n) is 7.02. The van der Waals surface area contributed by atoms with Crippen LogP contribution in [-0.4, -0.2) is 8.42 Å². The maximum Gasteiger partial charge on any atom is 0.417 e. The van der Waals surface area contributed by atoms with Crippen molar-refractivity contribution in [1.82, 2.24) is 0 Å². The SMILES string of the molecule is O=c1cc(C(F)(F)F)c2ccc(OS(=O)(=O)c3c(Cl)cccc3Cl)cc2o1. The van der Waals surface area contributed by atoms with Crippen molar-refractivity contribution in [2.24, 2.45) is 0 Å².